The number of carbonyl (C=O) groups excluding carboxylic acids is 2. The number of hydrogen-bond acceptors (Lipinski definition) is 16. The van der Waals surface area contributed by atoms with E-state index in [9.17, 15) is 40.2 Å². The van der Waals surface area contributed by atoms with Gasteiger partial charge in [-0.1, -0.05) is 60.7 Å². The predicted octanol–water partition coefficient (Wildman–Crippen LogP) is -2.07. The first-order chi connectivity index (χ1) is 25.3. The SMILES string of the molecule is CN[C@@H]1[C@@H](O)[C@@H](O[C@@H]2[C@@H](O)[C@H](O[C@H]3O[C@H](CNC(=O)OCc4ccccc4)[C@@H](O)[C@H](O)[C@H]3O)[C@@H](N)C[C@H]2NC(=O)OCc2ccccc2)OC[C@]1(C)O. The Bertz CT molecular complexity index is 1460. The molecule has 2 aromatic carbocycles. The highest BCUT2D eigenvalue weighted by Gasteiger charge is 2.53. The van der Waals surface area contributed by atoms with Crippen molar-refractivity contribution in [3.63, 3.8) is 0 Å². The second-order valence-electron chi connectivity index (χ2n) is 13.7. The van der Waals surface area contributed by atoms with Crippen LogP contribution in [0.2, 0.25) is 0 Å². The summed E-state index contributed by atoms with van der Waals surface area (Å²) < 4.78 is 34.0. The van der Waals surface area contributed by atoms with Crippen LogP contribution in [-0.4, -0.2) is 148 Å². The van der Waals surface area contributed by atoms with E-state index in [0.29, 0.717) is 0 Å². The van der Waals surface area contributed by atoms with Crippen LogP contribution in [0.3, 0.4) is 0 Å². The Morgan fingerprint density at radius 3 is 2.00 bits per heavy atom. The Balaban J connectivity index is 1.27. The Kier molecular flexibility index (Phi) is 14.0. The molecule has 0 radical (unpaired) electrons. The van der Waals surface area contributed by atoms with Crippen LogP contribution in [0.15, 0.2) is 60.7 Å². The molecule has 2 saturated heterocycles. The van der Waals surface area contributed by atoms with E-state index < -0.39 is 97.3 Å². The van der Waals surface area contributed by atoms with Gasteiger partial charge in [-0.3, -0.25) is 0 Å². The first-order valence-electron chi connectivity index (χ1n) is 17.3. The Labute approximate surface area is 306 Å². The van der Waals surface area contributed by atoms with Crippen molar-refractivity contribution in [1.82, 2.24) is 16.0 Å². The summed E-state index contributed by atoms with van der Waals surface area (Å²) in [5.41, 5.74) is 6.46. The summed E-state index contributed by atoms with van der Waals surface area (Å²) in [4.78, 5) is 25.3. The Morgan fingerprint density at radius 2 is 1.40 bits per heavy atom. The lowest BCUT2D eigenvalue weighted by molar-refractivity contribution is -0.330. The predicted molar refractivity (Wildman–Crippen MR) is 182 cm³/mol. The summed E-state index contributed by atoms with van der Waals surface area (Å²) in [5, 5.41) is 73.6. The molecule has 53 heavy (non-hydrogen) atoms. The van der Waals surface area contributed by atoms with E-state index in [4.69, 9.17) is 34.2 Å². The largest absolute Gasteiger partial charge is 0.445 e. The number of rotatable bonds is 12. The van der Waals surface area contributed by atoms with Crippen LogP contribution in [0.1, 0.15) is 24.5 Å². The lowest BCUT2D eigenvalue weighted by atomic mass is 9.83. The van der Waals surface area contributed by atoms with Crippen molar-refractivity contribution in [2.45, 2.75) is 112 Å². The van der Waals surface area contributed by atoms with Crippen molar-refractivity contribution in [2.75, 3.05) is 20.2 Å². The summed E-state index contributed by atoms with van der Waals surface area (Å²) >= 11 is 0. The maximum atomic E-state index is 12.9. The van der Waals surface area contributed by atoms with Crippen molar-refractivity contribution in [2.24, 2.45) is 5.73 Å². The molecule has 14 atom stereocenters. The molecule has 0 spiro atoms. The standard InChI is InChI=1S/C35H50N4O14/c1-35(47)17-50-31(27(44)30(35)37-2)53-29-21(39-34(46)49-16-19-11-7-4-8-12-19)13-20(36)28(26(29)43)52-32-25(42)24(41)23(40)22(51-32)14-38-33(45)48-15-18-9-5-3-6-10-18/h3-12,20-32,37,40-44,47H,13-17,36H2,1-2H3,(H,38,45)(H,39,46)/t20-,21+,22+,23+,24-,25+,26-,27+,28+,29-,30+,31+,32+,35-/m0/s1. The Hall–Kier alpha value is -3.50. The van der Waals surface area contributed by atoms with E-state index in [-0.39, 0.29) is 32.8 Å². The lowest BCUT2D eigenvalue weighted by Crippen LogP contribution is -2.69. The molecule has 2 aliphatic heterocycles. The van der Waals surface area contributed by atoms with Gasteiger partial charge >= 0.3 is 12.2 Å². The van der Waals surface area contributed by atoms with E-state index in [1.165, 1.54) is 14.0 Å². The van der Waals surface area contributed by atoms with Gasteiger partial charge in [-0.25, -0.2) is 9.59 Å². The molecule has 11 N–H and O–H groups in total. The molecule has 2 aromatic rings. The highest BCUT2D eigenvalue weighted by atomic mass is 16.7. The first kappa shape index (κ1) is 40.7. The lowest BCUT2D eigenvalue weighted by Gasteiger charge is -2.49. The van der Waals surface area contributed by atoms with Gasteiger partial charge in [0, 0.05) is 12.6 Å². The monoisotopic (exact) mass is 750 g/mol. The van der Waals surface area contributed by atoms with Gasteiger partial charge in [0.1, 0.15) is 67.6 Å². The summed E-state index contributed by atoms with van der Waals surface area (Å²) in [6.07, 6.45) is -17.3. The minimum atomic E-state index is -1.82. The molecule has 2 heterocycles. The van der Waals surface area contributed by atoms with Gasteiger partial charge in [-0.05, 0) is 31.5 Å². The van der Waals surface area contributed by atoms with Crippen molar-refractivity contribution in [3.05, 3.63) is 71.8 Å². The number of nitrogens with two attached hydrogens (primary N) is 1. The van der Waals surface area contributed by atoms with Crippen LogP contribution in [-0.2, 0) is 41.6 Å². The van der Waals surface area contributed by atoms with E-state index in [1.807, 2.05) is 12.1 Å². The van der Waals surface area contributed by atoms with E-state index >= 15 is 0 Å². The molecule has 18 nitrogen and oxygen atoms in total. The molecular formula is C35H50N4O14. The summed E-state index contributed by atoms with van der Waals surface area (Å²) in [6, 6.07) is 14.9. The number of hydrogen-bond donors (Lipinski definition) is 10. The van der Waals surface area contributed by atoms with Crippen LogP contribution in [0.25, 0.3) is 0 Å². The third kappa shape index (κ3) is 10.2. The molecule has 3 aliphatic rings. The molecule has 3 fully saturated rings. The quantitative estimate of drug-likeness (QED) is 0.112. The number of likely N-dealkylation sites (N-methyl/N-ethyl adjacent to an activating group) is 1. The topological polar surface area (TPSA) is 273 Å². The molecule has 18 heteroatoms. The number of nitrogens with one attached hydrogen (secondary N) is 3. The normalized spacial score (nSPS) is 37.3. The second-order valence-corrected chi connectivity index (χ2v) is 13.7. The zero-order valence-corrected chi connectivity index (χ0v) is 29.3. The smallest absolute Gasteiger partial charge is 0.407 e. The van der Waals surface area contributed by atoms with Gasteiger partial charge in [-0.2, -0.15) is 0 Å². The van der Waals surface area contributed by atoms with Gasteiger partial charge in [0.05, 0.1) is 18.7 Å². The highest BCUT2D eigenvalue weighted by molar-refractivity contribution is 5.68. The summed E-state index contributed by atoms with van der Waals surface area (Å²) in [7, 11) is 1.54. The third-order valence-electron chi connectivity index (χ3n) is 9.59. The van der Waals surface area contributed by atoms with Gasteiger partial charge in [0.15, 0.2) is 12.6 Å². The fraction of sp³-hybridized carbons (Fsp3) is 0.600. The van der Waals surface area contributed by atoms with Gasteiger partial charge in [0.2, 0.25) is 0 Å². The van der Waals surface area contributed by atoms with Crippen molar-refractivity contribution in [1.29, 1.82) is 0 Å². The molecule has 294 valence electrons. The summed E-state index contributed by atoms with van der Waals surface area (Å²) in [5.74, 6) is 0. The number of aliphatic hydroxyl groups is 6. The van der Waals surface area contributed by atoms with E-state index in [1.54, 1.807) is 48.5 Å². The molecule has 0 bridgehead atoms. The second kappa shape index (κ2) is 18.2. The average Bonchev–Trinajstić information content (AvgIpc) is 3.14. The van der Waals surface area contributed by atoms with Crippen LogP contribution in [0, 0.1) is 0 Å². The fourth-order valence-electron chi connectivity index (χ4n) is 6.68. The van der Waals surface area contributed by atoms with Crippen LogP contribution >= 0.6 is 0 Å². The number of amides is 2. The van der Waals surface area contributed by atoms with Crippen LogP contribution in [0.4, 0.5) is 9.59 Å². The molecule has 2 amide bonds. The van der Waals surface area contributed by atoms with Crippen molar-refractivity contribution in [3.8, 4) is 0 Å². The number of ether oxygens (including phenoxy) is 6. The number of alkyl carbamates (subject to hydrolysis) is 2. The zero-order chi connectivity index (χ0) is 38.3. The number of aliphatic hydroxyl groups excluding tert-OH is 5. The molecule has 1 aliphatic carbocycles. The molecule has 0 aromatic heterocycles. The van der Waals surface area contributed by atoms with Gasteiger partial charge in [-0.15, -0.1) is 0 Å². The zero-order valence-electron chi connectivity index (χ0n) is 29.3. The molecule has 1 saturated carbocycles. The van der Waals surface area contributed by atoms with Crippen LogP contribution < -0.4 is 21.7 Å². The van der Waals surface area contributed by atoms with Crippen molar-refractivity contribution >= 4 is 12.2 Å². The maximum absolute atomic E-state index is 12.9. The maximum Gasteiger partial charge on any atom is 0.407 e. The van der Waals surface area contributed by atoms with E-state index in [2.05, 4.69) is 16.0 Å². The van der Waals surface area contributed by atoms with E-state index in [0.717, 1.165) is 11.1 Å². The minimum absolute atomic E-state index is 0.0209. The molecule has 0 unspecified atom stereocenters. The molecular weight excluding hydrogens is 700 g/mol. The average molecular weight is 751 g/mol. The highest BCUT2D eigenvalue weighted by Crippen LogP contribution is 2.33. The van der Waals surface area contributed by atoms with Crippen LogP contribution in [0.5, 0.6) is 0 Å². The fourth-order valence-corrected chi connectivity index (χ4v) is 6.68. The first-order valence-corrected chi connectivity index (χ1v) is 17.3. The molecule has 5 rings (SSSR count). The number of carbonyl (C=O) groups is 2. The third-order valence-corrected chi connectivity index (χ3v) is 9.59. The number of benzene rings is 2. The Morgan fingerprint density at radius 1 is 0.811 bits per heavy atom. The van der Waals surface area contributed by atoms with Gasteiger partial charge < -0.3 is 80.7 Å². The van der Waals surface area contributed by atoms with Crippen molar-refractivity contribution < 1.29 is 68.6 Å². The van der Waals surface area contributed by atoms with Gasteiger partial charge in [0.25, 0.3) is 0 Å². The minimum Gasteiger partial charge on any atom is -0.445 e. The summed E-state index contributed by atoms with van der Waals surface area (Å²) in [6.45, 7) is 0.787.